The number of guanidine groups is 1. The van der Waals surface area contributed by atoms with Crippen molar-refractivity contribution >= 4 is 5.96 Å². The number of likely N-dealkylation sites (tertiary alicyclic amines) is 1. The van der Waals surface area contributed by atoms with E-state index in [0.717, 1.165) is 45.0 Å². The predicted octanol–water partition coefficient (Wildman–Crippen LogP) is 2.52. The molecule has 2 aliphatic heterocycles. The van der Waals surface area contributed by atoms with Gasteiger partial charge >= 0.3 is 0 Å². The van der Waals surface area contributed by atoms with Gasteiger partial charge in [-0.25, -0.2) is 0 Å². The zero-order chi connectivity index (χ0) is 20.4. The van der Waals surface area contributed by atoms with E-state index in [-0.39, 0.29) is 12.0 Å². The van der Waals surface area contributed by atoms with E-state index in [2.05, 4.69) is 44.8 Å². The summed E-state index contributed by atoms with van der Waals surface area (Å²) in [6.07, 6.45) is 7.10. The molecule has 162 valence electrons. The van der Waals surface area contributed by atoms with Crippen molar-refractivity contribution in [1.29, 1.82) is 0 Å². The molecule has 1 aromatic rings. The van der Waals surface area contributed by atoms with E-state index >= 15 is 0 Å². The molecule has 0 amide bonds. The molecule has 1 aromatic carbocycles. The first kappa shape index (κ1) is 22.1. The van der Waals surface area contributed by atoms with Crippen LogP contribution in [0, 0.1) is 5.41 Å². The molecule has 3 N–H and O–H groups in total. The number of nitrogens with one attached hydrogen (secondary N) is 2. The molecule has 0 spiro atoms. The topological polar surface area (TPSA) is 69.1 Å². The van der Waals surface area contributed by atoms with Gasteiger partial charge in [0.2, 0.25) is 0 Å². The molecule has 0 bridgehead atoms. The summed E-state index contributed by atoms with van der Waals surface area (Å²) in [5.41, 5.74) is 2.74. The smallest absolute Gasteiger partial charge is 0.191 e. The number of hydrogen-bond donors (Lipinski definition) is 3. The molecular weight excluding hydrogens is 364 g/mol. The zero-order valence-electron chi connectivity index (χ0n) is 18.0. The molecule has 2 saturated heterocycles. The third-order valence-electron chi connectivity index (χ3n) is 6.34. The van der Waals surface area contributed by atoms with Crippen molar-refractivity contribution in [2.75, 3.05) is 46.5 Å². The third-order valence-corrected chi connectivity index (χ3v) is 6.34. The monoisotopic (exact) mass is 402 g/mol. The lowest BCUT2D eigenvalue weighted by Crippen LogP contribution is -2.44. The summed E-state index contributed by atoms with van der Waals surface area (Å²) >= 11 is 0. The number of aliphatic imine (C=N–C) groups is 1. The van der Waals surface area contributed by atoms with Crippen LogP contribution in [0.1, 0.15) is 49.7 Å². The first-order valence-electron chi connectivity index (χ1n) is 11.2. The largest absolute Gasteiger partial charge is 0.396 e. The van der Waals surface area contributed by atoms with Crippen molar-refractivity contribution in [3.05, 3.63) is 35.4 Å². The summed E-state index contributed by atoms with van der Waals surface area (Å²) < 4.78 is 5.59. The Labute approximate surface area is 175 Å². The van der Waals surface area contributed by atoms with Crippen LogP contribution in [-0.4, -0.2) is 62.5 Å². The lowest BCUT2D eigenvalue weighted by atomic mass is 9.84. The van der Waals surface area contributed by atoms with Gasteiger partial charge in [0.15, 0.2) is 5.96 Å². The van der Waals surface area contributed by atoms with Gasteiger partial charge in [-0.15, -0.1) is 0 Å². The Morgan fingerprint density at radius 2 is 1.90 bits per heavy atom. The van der Waals surface area contributed by atoms with Gasteiger partial charge in [0.1, 0.15) is 0 Å². The van der Waals surface area contributed by atoms with Crippen molar-refractivity contribution in [2.24, 2.45) is 10.4 Å². The number of aliphatic hydroxyl groups is 1. The van der Waals surface area contributed by atoms with Gasteiger partial charge < -0.3 is 20.5 Å². The SMILES string of the molecule is CN=C(NCc1ccccc1CN1CCCCCC1)NCC1(CCO)CCOC1. The maximum absolute atomic E-state index is 9.42. The maximum Gasteiger partial charge on any atom is 0.191 e. The number of ether oxygens (including phenoxy) is 1. The summed E-state index contributed by atoms with van der Waals surface area (Å²) in [6, 6.07) is 8.73. The van der Waals surface area contributed by atoms with Crippen molar-refractivity contribution in [3.8, 4) is 0 Å². The van der Waals surface area contributed by atoms with Crippen LogP contribution in [0.15, 0.2) is 29.3 Å². The van der Waals surface area contributed by atoms with Crippen LogP contribution in [0.2, 0.25) is 0 Å². The van der Waals surface area contributed by atoms with E-state index in [9.17, 15) is 5.11 Å². The average molecular weight is 403 g/mol. The number of nitrogens with zero attached hydrogens (tertiary/aromatic N) is 2. The highest BCUT2D eigenvalue weighted by molar-refractivity contribution is 5.79. The van der Waals surface area contributed by atoms with Crippen LogP contribution < -0.4 is 10.6 Å². The molecule has 1 unspecified atom stereocenters. The van der Waals surface area contributed by atoms with Gasteiger partial charge in [0.05, 0.1) is 6.61 Å². The molecule has 0 saturated carbocycles. The molecule has 6 heteroatoms. The molecule has 29 heavy (non-hydrogen) atoms. The standard InChI is InChI=1S/C23H38N4O2/c1-24-22(26-18-23(10-14-28)11-15-29-19-23)25-16-20-8-4-5-9-21(20)17-27-12-6-2-3-7-13-27/h4-5,8-9,28H,2-3,6-7,10-19H2,1H3,(H2,24,25,26). The number of hydrogen-bond acceptors (Lipinski definition) is 4. The summed E-state index contributed by atoms with van der Waals surface area (Å²) in [5, 5.41) is 16.3. The van der Waals surface area contributed by atoms with E-state index in [1.165, 1.54) is 49.9 Å². The average Bonchev–Trinajstić information content (AvgIpc) is 3.05. The zero-order valence-corrected chi connectivity index (χ0v) is 18.0. The lowest BCUT2D eigenvalue weighted by molar-refractivity contribution is 0.127. The minimum atomic E-state index is 0.0110. The molecule has 0 aromatic heterocycles. The van der Waals surface area contributed by atoms with Gasteiger partial charge in [-0.3, -0.25) is 9.89 Å². The number of aliphatic hydroxyl groups excluding tert-OH is 1. The van der Waals surface area contributed by atoms with Crippen molar-refractivity contribution in [2.45, 2.75) is 51.6 Å². The highest BCUT2D eigenvalue weighted by atomic mass is 16.5. The maximum atomic E-state index is 9.42. The van der Waals surface area contributed by atoms with Crippen molar-refractivity contribution in [3.63, 3.8) is 0 Å². The summed E-state index contributed by atoms with van der Waals surface area (Å²) in [7, 11) is 1.81. The molecule has 2 heterocycles. The van der Waals surface area contributed by atoms with Gasteiger partial charge in [0.25, 0.3) is 0 Å². The predicted molar refractivity (Wildman–Crippen MR) is 118 cm³/mol. The third kappa shape index (κ3) is 6.69. The molecule has 6 nitrogen and oxygen atoms in total. The second-order valence-electron chi connectivity index (χ2n) is 8.51. The van der Waals surface area contributed by atoms with Gasteiger partial charge in [0, 0.05) is 45.3 Å². The van der Waals surface area contributed by atoms with Crippen LogP contribution in [0.25, 0.3) is 0 Å². The van der Waals surface area contributed by atoms with Crippen LogP contribution in [0.4, 0.5) is 0 Å². The molecule has 2 aliphatic rings. The molecule has 2 fully saturated rings. The fourth-order valence-corrected chi connectivity index (χ4v) is 4.40. The van der Waals surface area contributed by atoms with E-state index in [1.807, 2.05) is 7.05 Å². The summed E-state index contributed by atoms with van der Waals surface area (Å²) in [4.78, 5) is 6.99. The second-order valence-corrected chi connectivity index (χ2v) is 8.51. The second kappa shape index (κ2) is 11.5. The fourth-order valence-electron chi connectivity index (χ4n) is 4.40. The quantitative estimate of drug-likeness (QED) is 0.460. The van der Waals surface area contributed by atoms with Crippen LogP contribution in [0.5, 0.6) is 0 Å². The van der Waals surface area contributed by atoms with Crippen LogP contribution in [-0.2, 0) is 17.8 Å². The van der Waals surface area contributed by atoms with Crippen LogP contribution in [0.3, 0.4) is 0 Å². The van der Waals surface area contributed by atoms with E-state index < -0.39 is 0 Å². The Morgan fingerprint density at radius 1 is 1.14 bits per heavy atom. The Bertz CT molecular complexity index is 636. The minimum Gasteiger partial charge on any atom is -0.396 e. The van der Waals surface area contributed by atoms with E-state index in [1.54, 1.807) is 0 Å². The van der Waals surface area contributed by atoms with E-state index in [4.69, 9.17) is 4.74 Å². The normalized spacial score (nSPS) is 23.7. The minimum absolute atomic E-state index is 0.0110. The van der Waals surface area contributed by atoms with Gasteiger partial charge in [-0.2, -0.15) is 0 Å². The first-order chi connectivity index (χ1) is 14.2. The number of rotatable bonds is 8. The Hall–Kier alpha value is -1.63. The van der Waals surface area contributed by atoms with Crippen molar-refractivity contribution < 1.29 is 9.84 Å². The molecule has 3 rings (SSSR count). The Balaban J connectivity index is 1.54. The molecular formula is C23H38N4O2. The molecule has 1 atom stereocenters. The fraction of sp³-hybridized carbons (Fsp3) is 0.696. The van der Waals surface area contributed by atoms with Crippen LogP contribution >= 0.6 is 0 Å². The lowest BCUT2D eigenvalue weighted by Gasteiger charge is -2.28. The highest BCUT2D eigenvalue weighted by Gasteiger charge is 2.34. The highest BCUT2D eigenvalue weighted by Crippen LogP contribution is 2.31. The first-order valence-corrected chi connectivity index (χ1v) is 11.2. The van der Waals surface area contributed by atoms with Gasteiger partial charge in [-0.1, -0.05) is 37.1 Å². The molecule has 0 aliphatic carbocycles. The van der Waals surface area contributed by atoms with Gasteiger partial charge in [-0.05, 0) is 49.9 Å². The molecule has 0 radical (unpaired) electrons. The Morgan fingerprint density at radius 3 is 2.55 bits per heavy atom. The number of benzene rings is 1. The summed E-state index contributed by atoms with van der Waals surface area (Å²) in [6.45, 7) is 6.64. The van der Waals surface area contributed by atoms with E-state index in [0.29, 0.717) is 6.61 Å². The van der Waals surface area contributed by atoms with Crippen molar-refractivity contribution in [1.82, 2.24) is 15.5 Å². The summed E-state index contributed by atoms with van der Waals surface area (Å²) in [5.74, 6) is 0.804. The Kier molecular flexibility index (Phi) is 8.77.